The van der Waals surface area contributed by atoms with Crippen molar-refractivity contribution in [3.8, 4) is 23.3 Å². The number of aromatic nitrogens is 5. The Morgan fingerprint density at radius 3 is 2.74 bits per heavy atom. The average molecular weight is 388 g/mol. The molecule has 0 atom stereocenters. The fraction of sp³-hybridized carbons (Fsp3) is 0.0625. The van der Waals surface area contributed by atoms with E-state index in [0.717, 1.165) is 0 Å². The Morgan fingerprint density at radius 1 is 1.11 bits per heavy atom. The van der Waals surface area contributed by atoms with Crippen LogP contribution in [0.5, 0.6) is 0 Å². The van der Waals surface area contributed by atoms with Crippen molar-refractivity contribution in [2.75, 3.05) is 17.7 Å². The summed E-state index contributed by atoms with van der Waals surface area (Å²) in [6, 6.07) is 7.48. The standard InChI is InChI=1S/C16H11ClFN7O2/c1-25(10-7-8(17)4-5-9(10)18)16-22-12(21-15(19)23-16)13-20-14(27-24-13)11-3-2-6-26-11/h2-7H,1H3,(H2,19,21,22,23). The van der Waals surface area contributed by atoms with Crippen LogP contribution in [-0.2, 0) is 0 Å². The third kappa shape index (κ3) is 3.29. The third-order valence-electron chi connectivity index (χ3n) is 3.57. The van der Waals surface area contributed by atoms with E-state index in [0.29, 0.717) is 10.8 Å². The van der Waals surface area contributed by atoms with E-state index >= 15 is 0 Å². The summed E-state index contributed by atoms with van der Waals surface area (Å²) in [5.74, 6) is 0.197. The first kappa shape index (κ1) is 16.9. The number of hydrogen-bond acceptors (Lipinski definition) is 9. The van der Waals surface area contributed by atoms with Crippen molar-refractivity contribution in [3.63, 3.8) is 0 Å². The van der Waals surface area contributed by atoms with E-state index in [9.17, 15) is 4.39 Å². The maximum Gasteiger partial charge on any atom is 0.294 e. The number of hydrogen-bond donors (Lipinski definition) is 1. The maximum absolute atomic E-state index is 14.1. The molecule has 2 N–H and O–H groups in total. The molecule has 11 heteroatoms. The summed E-state index contributed by atoms with van der Waals surface area (Å²) in [6.07, 6.45) is 1.48. The zero-order chi connectivity index (χ0) is 19.0. The molecule has 0 saturated carbocycles. The van der Waals surface area contributed by atoms with Gasteiger partial charge in [0.05, 0.1) is 12.0 Å². The van der Waals surface area contributed by atoms with Gasteiger partial charge in [0, 0.05) is 12.1 Å². The molecule has 0 amide bonds. The minimum atomic E-state index is -0.498. The zero-order valence-electron chi connectivity index (χ0n) is 13.8. The van der Waals surface area contributed by atoms with Crippen LogP contribution in [0.25, 0.3) is 23.3 Å². The van der Waals surface area contributed by atoms with Gasteiger partial charge in [0.25, 0.3) is 5.89 Å². The number of nitrogens with zero attached hydrogens (tertiary/aromatic N) is 6. The van der Waals surface area contributed by atoms with Crippen molar-refractivity contribution in [1.29, 1.82) is 0 Å². The van der Waals surface area contributed by atoms with E-state index in [1.807, 2.05) is 0 Å². The molecule has 0 fully saturated rings. The molecule has 27 heavy (non-hydrogen) atoms. The van der Waals surface area contributed by atoms with Crippen LogP contribution in [0.15, 0.2) is 45.5 Å². The molecule has 0 aliphatic rings. The van der Waals surface area contributed by atoms with Crippen LogP contribution in [0.2, 0.25) is 5.02 Å². The molecule has 0 radical (unpaired) electrons. The molecule has 4 rings (SSSR count). The summed E-state index contributed by atoms with van der Waals surface area (Å²) in [5.41, 5.74) is 5.94. The second kappa shape index (κ2) is 6.65. The van der Waals surface area contributed by atoms with Gasteiger partial charge < -0.3 is 19.6 Å². The molecule has 1 aromatic carbocycles. The topological polar surface area (TPSA) is 120 Å². The number of anilines is 3. The quantitative estimate of drug-likeness (QED) is 0.562. The molecule has 0 aliphatic carbocycles. The fourth-order valence-electron chi connectivity index (χ4n) is 2.30. The van der Waals surface area contributed by atoms with Gasteiger partial charge in [0.15, 0.2) is 5.76 Å². The molecule has 9 nitrogen and oxygen atoms in total. The predicted molar refractivity (Wildman–Crippen MR) is 94.7 cm³/mol. The molecule has 0 bridgehead atoms. The first-order valence-electron chi connectivity index (χ1n) is 7.59. The lowest BCUT2D eigenvalue weighted by Crippen LogP contribution is -2.16. The second-order valence-corrected chi connectivity index (χ2v) is 5.81. The van der Waals surface area contributed by atoms with Gasteiger partial charge in [-0.15, -0.1) is 0 Å². The zero-order valence-corrected chi connectivity index (χ0v) is 14.6. The van der Waals surface area contributed by atoms with Crippen LogP contribution < -0.4 is 10.6 Å². The monoisotopic (exact) mass is 387 g/mol. The molecule has 136 valence electrons. The minimum Gasteiger partial charge on any atom is -0.459 e. The predicted octanol–water partition coefficient (Wildman–Crippen LogP) is 3.32. The largest absolute Gasteiger partial charge is 0.459 e. The van der Waals surface area contributed by atoms with Gasteiger partial charge in [-0.1, -0.05) is 16.8 Å². The first-order chi connectivity index (χ1) is 13.0. The summed E-state index contributed by atoms with van der Waals surface area (Å²) >= 11 is 5.95. The molecule has 0 unspecified atom stereocenters. The van der Waals surface area contributed by atoms with Crippen molar-refractivity contribution in [1.82, 2.24) is 25.1 Å². The number of halogens is 2. The summed E-state index contributed by atoms with van der Waals surface area (Å²) in [4.78, 5) is 17.8. The summed E-state index contributed by atoms with van der Waals surface area (Å²) in [5, 5.41) is 4.18. The van der Waals surface area contributed by atoms with E-state index in [4.69, 9.17) is 26.3 Å². The van der Waals surface area contributed by atoms with Gasteiger partial charge in [-0.05, 0) is 30.3 Å². The van der Waals surface area contributed by atoms with E-state index < -0.39 is 5.82 Å². The van der Waals surface area contributed by atoms with Crippen LogP contribution in [0, 0.1) is 5.82 Å². The van der Waals surface area contributed by atoms with Crippen LogP contribution in [0.1, 0.15) is 0 Å². The highest BCUT2D eigenvalue weighted by molar-refractivity contribution is 6.30. The number of rotatable bonds is 4. The molecule has 0 aliphatic heterocycles. The Bertz CT molecular complexity index is 1100. The Morgan fingerprint density at radius 2 is 1.96 bits per heavy atom. The van der Waals surface area contributed by atoms with Gasteiger partial charge >= 0.3 is 0 Å². The van der Waals surface area contributed by atoms with E-state index in [1.165, 1.54) is 29.4 Å². The van der Waals surface area contributed by atoms with Crippen molar-refractivity contribution in [3.05, 3.63) is 47.4 Å². The highest BCUT2D eigenvalue weighted by Gasteiger charge is 2.19. The average Bonchev–Trinajstić information content (AvgIpc) is 3.34. The highest BCUT2D eigenvalue weighted by Crippen LogP contribution is 2.28. The first-order valence-corrected chi connectivity index (χ1v) is 7.97. The molecule has 0 spiro atoms. The van der Waals surface area contributed by atoms with Crippen LogP contribution in [0.4, 0.5) is 22.0 Å². The molecule has 3 heterocycles. The van der Waals surface area contributed by atoms with Crippen LogP contribution in [0.3, 0.4) is 0 Å². The number of nitrogens with two attached hydrogens (primary N) is 1. The summed E-state index contributed by atoms with van der Waals surface area (Å²) in [7, 11) is 1.57. The normalized spacial score (nSPS) is 10.9. The lowest BCUT2D eigenvalue weighted by Gasteiger charge is -2.18. The molecular weight excluding hydrogens is 377 g/mol. The van der Waals surface area contributed by atoms with E-state index in [1.54, 1.807) is 19.2 Å². The summed E-state index contributed by atoms with van der Waals surface area (Å²) in [6.45, 7) is 0. The minimum absolute atomic E-state index is 0.0633. The Balaban J connectivity index is 1.73. The third-order valence-corrected chi connectivity index (χ3v) is 3.80. The highest BCUT2D eigenvalue weighted by atomic mass is 35.5. The summed E-state index contributed by atoms with van der Waals surface area (Å²) < 4.78 is 24.5. The fourth-order valence-corrected chi connectivity index (χ4v) is 2.46. The lowest BCUT2D eigenvalue weighted by molar-refractivity contribution is 0.416. The van der Waals surface area contributed by atoms with Crippen molar-refractivity contribution >= 4 is 29.2 Å². The smallest absolute Gasteiger partial charge is 0.294 e. The van der Waals surface area contributed by atoms with Crippen molar-refractivity contribution in [2.45, 2.75) is 0 Å². The van der Waals surface area contributed by atoms with E-state index in [2.05, 4.69) is 25.1 Å². The number of furan rings is 1. The van der Waals surface area contributed by atoms with Gasteiger partial charge in [-0.25, -0.2) is 4.39 Å². The van der Waals surface area contributed by atoms with Crippen LogP contribution in [-0.4, -0.2) is 32.1 Å². The molecule has 0 saturated heterocycles. The van der Waals surface area contributed by atoms with Gasteiger partial charge in [0.1, 0.15) is 5.82 Å². The molecule has 4 aromatic rings. The second-order valence-electron chi connectivity index (χ2n) is 5.37. The Kier molecular flexibility index (Phi) is 4.16. The van der Waals surface area contributed by atoms with Crippen molar-refractivity contribution in [2.24, 2.45) is 0 Å². The Labute approximate surface area is 156 Å². The maximum atomic E-state index is 14.1. The number of benzene rings is 1. The van der Waals surface area contributed by atoms with Gasteiger partial charge in [0.2, 0.25) is 23.5 Å². The van der Waals surface area contributed by atoms with E-state index in [-0.39, 0.29) is 35.1 Å². The lowest BCUT2D eigenvalue weighted by atomic mass is 10.3. The Hall–Kier alpha value is -3.53. The number of nitrogen functional groups attached to an aromatic ring is 1. The van der Waals surface area contributed by atoms with Crippen molar-refractivity contribution < 1.29 is 13.3 Å². The van der Waals surface area contributed by atoms with Gasteiger partial charge in [-0.2, -0.15) is 19.9 Å². The SMILES string of the molecule is CN(c1nc(N)nc(-c2noc(-c3ccco3)n2)n1)c1cc(Cl)ccc1F. The molecule has 3 aromatic heterocycles. The van der Waals surface area contributed by atoms with Gasteiger partial charge in [-0.3, -0.25) is 0 Å². The molecular formula is C16H11ClFN7O2. The van der Waals surface area contributed by atoms with Crippen LogP contribution >= 0.6 is 11.6 Å².